The number of halogens is 1. The first-order chi connectivity index (χ1) is 25.3. The Hall–Kier alpha value is -4.21. The molecule has 1 saturated heterocycles. The van der Waals surface area contributed by atoms with Gasteiger partial charge in [-0.2, -0.15) is 0 Å². The smallest absolute Gasteiger partial charge is 0.462 e. The molecule has 0 spiro atoms. The molecule has 3 saturated carbocycles. The van der Waals surface area contributed by atoms with E-state index in [1.165, 1.54) is 30.4 Å². The number of hydrogen-bond acceptors (Lipinski definition) is 13. The van der Waals surface area contributed by atoms with Gasteiger partial charge in [0.1, 0.15) is 11.9 Å². The van der Waals surface area contributed by atoms with Crippen molar-refractivity contribution in [1.82, 2.24) is 0 Å². The predicted octanol–water partition coefficient (Wildman–Crippen LogP) is 5.87. The van der Waals surface area contributed by atoms with E-state index in [2.05, 4.69) is 4.84 Å². The van der Waals surface area contributed by atoms with Crippen LogP contribution in [-0.2, 0) is 33.4 Å². The molecule has 4 aliphatic carbocycles. The highest BCUT2D eigenvalue weighted by Gasteiger charge is 2.80. The predicted molar refractivity (Wildman–Crippen MR) is 186 cm³/mol. The van der Waals surface area contributed by atoms with Crippen molar-refractivity contribution in [2.75, 3.05) is 13.2 Å². The van der Waals surface area contributed by atoms with Crippen LogP contribution in [0.1, 0.15) is 95.5 Å². The lowest BCUT2D eigenvalue weighted by Crippen LogP contribution is -2.70. The van der Waals surface area contributed by atoms with Gasteiger partial charge in [-0.1, -0.05) is 18.6 Å². The lowest BCUT2D eigenvalue weighted by molar-refractivity contribution is -0.767. The van der Waals surface area contributed by atoms with E-state index in [9.17, 15) is 34.4 Å². The van der Waals surface area contributed by atoms with Crippen molar-refractivity contribution < 1.29 is 62.3 Å². The minimum atomic E-state index is -2.11. The van der Waals surface area contributed by atoms with E-state index in [1.807, 2.05) is 6.92 Å². The maximum absolute atomic E-state index is 17.7. The van der Waals surface area contributed by atoms with Crippen molar-refractivity contribution >= 4 is 23.7 Å². The van der Waals surface area contributed by atoms with Crippen molar-refractivity contribution in [1.29, 1.82) is 0 Å². The first kappa shape index (κ1) is 39.5. The molecule has 0 aromatic heterocycles. The van der Waals surface area contributed by atoms with Crippen molar-refractivity contribution in [3.63, 3.8) is 0 Å². The van der Waals surface area contributed by atoms with Gasteiger partial charge in [0.15, 0.2) is 29.4 Å². The summed E-state index contributed by atoms with van der Waals surface area (Å²) in [6, 6.07) is 4.28. The van der Waals surface area contributed by atoms with Crippen molar-refractivity contribution in [3.05, 3.63) is 63.2 Å². The number of esters is 1. The Bertz CT molecular complexity index is 1790. The lowest BCUT2D eigenvalue weighted by Gasteiger charge is -2.62. The molecule has 9 atom stereocenters. The molecule has 1 aromatic rings. The standard InChI is InChI=1S/C39H48FNO13/c1-22-17-24(33(45)49-16-8-7-9-23(2)53-41(47)48)10-13-29(22)51-34(46)50-21-31(44)39-32(52-35(3,4)54-39)19-28-27-12-11-25-18-26(42)14-15-36(25,5)38(27,40)30(43)20-37(28,39)6/h10,13-15,17-18,23,27-28,30,32,43H,7-9,11-12,16,19-21H2,1-6H3/t23?,27?,28?,30-,32+,36-,37-,38-,39+/m0/s1. The molecular formula is C39H48FNO13. The summed E-state index contributed by atoms with van der Waals surface area (Å²) in [5.74, 6) is -3.65. The summed E-state index contributed by atoms with van der Waals surface area (Å²) in [5, 5.41) is 21.3. The highest BCUT2D eigenvalue weighted by atomic mass is 19.1. The van der Waals surface area contributed by atoms with Gasteiger partial charge >= 0.3 is 12.1 Å². The number of aryl methyl sites for hydroxylation is 1. The van der Waals surface area contributed by atoms with E-state index in [-0.39, 0.29) is 36.5 Å². The van der Waals surface area contributed by atoms with Crippen LogP contribution in [0.2, 0.25) is 0 Å². The molecule has 54 heavy (non-hydrogen) atoms. The molecule has 294 valence electrons. The van der Waals surface area contributed by atoms with Crippen molar-refractivity contribution in [3.8, 4) is 5.75 Å². The average Bonchev–Trinajstić information content (AvgIpc) is 3.50. The fourth-order valence-corrected chi connectivity index (χ4v) is 10.0. The summed E-state index contributed by atoms with van der Waals surface area (Å²) in [6.45, 7) is 9.44. The number of rotatable bonds is 12. The van der Waals surface area contributed by atoms with Gasteiger partial charge in [-0.15, -0.1) is 10.1 Å². The minimum Gasteiger partial charge on any atom is -0.462 e. The van der Waals surface area contributed by atoms with Crippen LogP contribution in [0.5, 0.6) is 5.75 Å². The van der Waals surface area contributed by atoms with Gasteiger partial charge in [0.25, 0.3) is 5.09 Å². The van der Waals surface area contributed by atoms with E-state index >= 15 is 4.39 Å². The molecule has 0 amide bonds. The molecule has 5 aliphatic rings. The molecule has 0 bridgehead atoms. The topological polar surface area (TPSA) is 187 Å². The number of aliphatic hydroxyl groups is 1. The molecule has 15 heteroatoms. The number of hydrogen-bond donors (Lipinski definition) is 1. The quantitative estimate of drug-likeness (QED) is 0.0877. The fourth-order valence-electron chi connectivity index (χ4n) is 10.0. The molecule has 14 nitrogen and oxygen atoms in total. The summed E-state index contributed by atoms with van der Waals surface area (Å²) in [4.78, 5) is 66.9. The van der Waals surface area contributed by atoms with Crippen LogP contribution in [0.15, 0.2) is 42.0 Å². The molecule has 3 unspecified atom stereocenters. The first-order valence-electron chi connectivity index (χ1n) is 18.4. The molecule has 1 heterocycles. The number of Topliss-reactive ketones (excluding diaryl/α,β-unsaturated/α-hetero) is 1. The van der Waals surface area contributed by atoms with Crippen LogP contribution in [0.25, 0.3) is 0 Å². The molecule has 4 fully saturated rings. The Labute approximate surface area is 312 Å². The van der Waals surface area contributed by atoms with Gasteiger partial charge in [0, 0.05) is 16.7 Å². The number of fused-ring (bicyclic) bond motifs is 7. The van der Waals surface area contributed by atoms with Crippen LogP contribution in [0.3, 0.4) is 0 Å². The Morgan fingerprint density at radius 1 is 1.13 bits per heavy atom. The second-order valence-corrected chi connectivity index (χ2v) is 16.2. The van der Waals surface area contributed by atoms with Crippen LogP contribution in [-0.4, -0.2) is 82.5 Å². The zero-order valence-corrected chi connectivity index (χ0v) is 31.4. The summed E-state index contributed by atoms with van der Waals surface area (Å²) in [6.07, 6.45) is 2.77. The van der Waals surface area contributed by atoms with E-state index < -0.39 is 87.6 Å². The number of allylic oxidation sites excluding steroid dienone is 4. The highest BCUT2D eigenvalue weighted by Crippen LogP contribution is 2.72. The zero-order valence-electron chi connectivity index (χ0n) is 31.4. The third-order valence-corrected chi connectivity index (χ3v) is 12.5. The monoisotopic (exact) mass is 757 g/mol. The molecular weight excluding hydrogens is 709 g/mol. The normalized spacial score (nSPS) is 35.0. The Morgan fingerprint density at radius 2 is 1.87 bits per heavy atom. The maximum Gasteiger partial charge on any atom is 0.514 e. The number of benzene rings is 1. The number of unbranched alkanes of at least 4 members (excludes halogenated alkanes) is 1. The number of carbonyl (C=O) groups excluding carboxylic acids is 4. The van der Waals surface area contributed by atoms with E-state index in [0.717, 1.165) is 0 Å². The zero-order chi connectivity index (χ0) is 39.4. The Morgan fingerprint density at radius 3 is 2.57 bits per heavy atom. The maximum atomic E-state index is 17.7. The van der Waals surface area contributed by atoms with Gasteiger partial charge in [-0.3, -0.25) is 9.59 Å². The third kappa shape index (κ3) is 6.51. The molecule has 1 aromatic carbocycles. The van der Waals surface area contributed by atoms with Crippen LogP contribution in [0.4, 0.5) is 9.18 Å². The number of ketones is 2. The Kier molecular flexibility index (Phi) is 10.3. The molecule has 6 rings (SSSR count). The number of carbonyl (C=O) groups is 4. The first-order valence-corrected chi connectivity index (χ1v) is 18.4. The van der Waals surface area contributed by atoms with Gasteiger partial charge in [0.2, 0.25) is 5.78 Å². The molecule has 0 radical (unpaired) electrons. The van der Waals surface area contributed by atoms with Crippen molar-refractivity contribution in [2.24, 2.45) is 22.7 Å². The SMILES string of the molecule is Cc1cc(C(=O)OCCCCC(C)O[N+](=O)[O-])ccc1OC(=O)OCC(=O)[C@@]12OC(C)(C)O[C@@H]1CC1C3CCC4=CC(=O)C=C[C@]4(C)[C@@]3(F)[C@@H](O)C[C@@]12C. The Balaban J connectivity index is 1.10. The fraction of sp³-hybridized carbons (Fsp3) is 0.641. The number of aliphatic hydroxyl groups excluding tert-OH is 1. The number of alkyl halides is 1. The summed E-state index contributed by atoms with van der Waals surface area (Å²) in [5.41, 5.74) is -4.82. The van der Waals surface area contributed by atoms with Crippen LogP contribution < -0.4 is 4.74 Å². The van der Waals surface area contributed by atoms with Gasteiger partial charge in [-0.25, -0.2) is 14.0 Å². The minimum absolute atomic E-state index is 0.0849. The average molecular weight is 758 g/mol. The van der Waals surface area contributed by atoms with E-state index in [0.29, 0.717) is 43.2 Å². The second-order valence-electron chi connectivity index (χ2n) is 16.2. The summed E-state index contributed by atoms with van der Waals surface area (Å²) < 4.78 is 46.5. The summed E-state index contributed by atoms with van der Waals surface area (Å²) in [7, 11) is 0. The van der Waals surface area contributed by atoms with Gasteiger partial charge in [0.05, 0.1) is 24.4 Å². The second kappa shape index (κ2) is 14.1. The number of nitrogens with zero attached hydrogens (tertiary/aromatic N) is 1. The molecule has 1 aliphatic heterocycles. The van der Waals surface area contributed by atoms with Gasteiger partial charge < -0.3 is 33.6 Å². The highest BCUT2D eigenvalue weighted by molar-refractivity contribution is 6.01. The molecule has 1 N–H and O–H groups in total. The van der Waals surface area contributed by atoms with Crippen LogP contribution in [0, 0.1) is 39.7 Å². The van der Waals surface area contributed by atoms with Crippen molar-refractivity contribution in [2.45, 2.75) is 122 Å². The van der Waals surface area contributed by atoms with E-state index in [1.54, 1.807) is 40.7 Å². The van der Waals surface area contributed by atoms with Crippen LogP contribution >= 0.6 is 0 Å². The largest absolute Gasteiger partial charge is 0.514 e. The van der Waals surface area contributed by atoms with E-state index in [4.69, 9.17) is 23.7 Å². The van der Waals surface area contributed by atoms with Gasteiger partial charge in [-0.05, 0) is 121 Å². The number of ether oxygens (including phenoxy) is 5. The lowest BCUT2D eigenvalue weighted by atomic mass is 9.44. The third-order valence-electron chi connectivity index (χ3n) is 12.5. The summed E-state index contributed by atoms with van der Waals surface area (Å²) >= 11 is 0.